The highest BCUT2D eigenvalue weighted by Gasteiger charge is 2.14. The molecule has 0 aliphatic carbocycles. The van der Waals surface area contributed by atoms with Crippen LogP contribution in [-0.2, 0) is 20.4 Å². The summed E-state index contributed by atoms with van der Waals surface area (Å²) in [5.41, 5.74) is 0.879. The number of carbonyl (C=O) groups excluding carboxylic acids is 1. The summed E-state index contributed by atoms with van der Waals surface area (Å²) < 4.78 is 22.5. The molecule has 0 aliphatic rings. The molecule has 0 aromatic heterocycles. The van der Waals surface area contributed by atoms with Gasteiger partial charge in [-0.3, -0.25) is 9.59 Å². The third-order valence-corrected chi connectivity index (χ3v) is 3.47. The molecule has 0 bridgehead atoms. The van der Waals surface area contributed by atoms with Crippen LogP contribution >= 0.6 is 0 Å². The van der Waals surface area contributed by atoms with E-state index in [4.69, 9.17) is 5.11 Å². The number of aliphatic carboxylic acids is 1. The van der Waals surface area contributed by atoms with Crippen LogP contribution in [-0.4, -0.2) is 50.1 Å². The van der Waals surface area contributed by atoms with Crippen LogP contribution in [0.25, 0.3) is 0 Å². The minimum Gasteiger partial charge on any atom is -0.481 e. The maximum Gasteiger partial charge on any atom is 0.305 e. The van der Waals surface area contributed by atoms with Crippen LogP contribution in [0.5, 0.6) is 0 Å². The molecule has 1 rings (SSSR count). The van der Waals surface area contributed by atoms with Crippen molar-refractivity contribution < 1.29 is 23.1 Å². The van der Waals surface area contributed by atoms with Gasteiger partial charge in [0.25, 0.3) is 5.91 Å². The van der Waals surface area contributed by atoms with Crippen LogP contribution in [0.2, 0.25) is 0 Å². The predicted molar refractivity (Wildman–Crippen MR) is 74.2 cm³/mol. The van der Waals surface area contributed by atoms with Crippen LogP contribution < -0.4 is 0 Å². The highest BCUT2D eigenvalue weighted by molar-refractivity contribution is 7.89. The zero-order valence-electron chi connectivity index (χ0n) is 11.4. The number of hydrogen-bond donors (Lipinski definition) is 1. The maximum absolute atomic E-state index is 12.1. The van der Waals surface area contributed by atoms with Gasteiger partial charge < -0.3 is 10.0 Å². The van der Waals surface area contributed by atoms with Gasteiger partial charge in [0.1, 0.15) is 0 Å². The van der Waals surface area contributed by atoms with Gasteiger partial charge in [0.2, 0.25) is 0 Å². The Labute approximate surface area is 117 Å². The molecule has 1 N–H and O–H groups in total. The first kappa shape index (κ1) is 16.2. The molecule has 0 radical (unpaired) electrons. The molecule has 0 saturated heterocycles. The number of sulfone groups is 1. The molecule has 20 heavy (non-hydrogen) atoms. The molecular formula is C13H17NO5S. The van der Waals surface area contributed by atoms with Crippen LogP contribution in [0.3, 0.4) is 0 Å². The minimum absolute atomic E-state index is 0.102. The van der Waals surface area contributed by atoms with Gasteiger partial charge in [-0.25, -0.2) is 8.42 Å². The van der Waals surface area contributed by atoms with E-state index in [2.05, 4.69) is 0 Å². The Morgan fingerprint density at radius 1 is 1.30 bits per heavy atom. The molecule has 0 aliphatic heterocycles. The van der Waals surface area contributed by atoms with Gasteiger partial charge >= 0.3 is 5.97 Å². The topological polar surface area (TPSA) is 91.8 Å². The molecule has 0 fully saturated rings. The first-order valence-electron chi connectivity index (χ1n) is 5.93. The first-order valence-corrected chi connectivity index (χ1v) is 7.99. The van der Waals surface area contributed by atoms with Gasteiger partial charge in [0, 0.05) is 25.4 Å². The molecule has 1 amide bonds. The highest BCUT2D eigenvalue weighted by Crippen LogP contribution is 2.11. The number of rotatable bonds is 6. The van der Waals surface area contributed by atoms with E-state index in [1.807, 2.05) is 0 Å². The van der Waals surface area contributed by atoms with Crippen LogP contribution in [0.15, 0.2) is 24.3 Å². The smallest absolute Gasteiger partial charge is 0.305 e. The summed E-state index contributed by atoms with van der Waals surface area (Å²) in [6.45, 7) is 0.102. The molecule has 7 heteroatoms. The third kappa shape index (κ3) is 5.40. The summed E-state index contributed by atoms with van der Waals surface area (Å²) in [6.07, 6.45) is 0.992. The molecule has 0 unspecified atom stereocenters. The van der Waals surface area contributed by atoms with E-state index in [9.17, 15) is 18.0 Å². The molecule has 0 atom stereocenters. The number of hydrogen-bond acceptors (Lipinski definition) is 4. The molecule has 0 saturated carbocycles. The average molecular weight is 299 g/mol. The predicted octanol–water partition coefficient (Wildman–Crippen LogP) is 0.778. The van der Waals surface area contributed by atoms with Crippen LogP contribution in [0.1, 0.15) is 22.3 Å². The molecule has 0 spiro atoms. The Morgan fingerprint density at radius 3 is 2.50 bits per heavy atom. The zero-order valence-corrected chi connectivity index (χ0v) is 12.2. The number of benzene rings is 1. The Morgan fingerprint density at radius 2 is 1.95 bits per heavy atom. The van der Waals surface area contributed by atoms with E-state index in [1.54, 1.807) is 18.2 Å². The second-order valence-electron chi connectivity index (χ2n) is 4.64. The standard InChI is InChI=1S/C13H17NO5S/c1-14(7-6-12(15)16)13(17)11-5-3-4-10(8-11)9-20(2,18)19/h3-5,8H,6-7,9H2,1-2H3,(H,15,16). The second-order valence-corrected chi connectivity index (χ2v) is 6.78. The fourth-order valence-electron chi connectivity index (χ4n) is 1.68. The van der Waals surface area contributed by atoms with Gasteiger partial charge in [-0.05, 0) is 17.7 Å². The summed E-state index contributed by atoms with van der Waals surface area (Å²) >= 11 is 0. The number of carboxylic acids is 1. The van der Waals surface area contributed by atoms with Gasteiger partial charge in [0.05, 0.1) is 12.2 Å². The molecule has 1 aromatic rings. The summed E-state index contributed by atoms with van der Waals surface area (Å²) in [5.74, 6) is -1.44. The summed E-state index contributed by atoms with van der Waals surface area (Å²) in [6, 6.07) is 6.33. The Balaban J connectivity index is 2.83. The van der Waals surface area contributed by atoms with E-state index in [0.29, 0.717) is 11.1 Å². The van der Waals surface area contributed by atoms with Crippen molar-refractivity contribution in [3.63, 3.8) is 0 Å². The van der Waals surface area contributed by atoms with Crippen molar-refractivity contribution >= 4 is 21.7 Å². The number of carbonyl (C=O) groups is 2. The average Bonchev–Trinajstić information content (AvgIpc) is 2.33. The number of amides is 1. The monoisotopic (exact) mass is 299 g/mol. The molecule has 110 valence electrons. The van der Waals surface area contributed by atoms with Crippen molar-refractivity contribution in [2.24, 2.45) is 0 Å². The maximum atomic E-state index is 12.1. The van der Waals surface area contributed by atoms with E-state index < -0.39 is 15.8 Å². The highest BCUT2D eigenvalue weighted by atomic mass is 32.2. The Kier molecular flexibility index (Phi) is 5.26. The van der Waals surface area contributed by atoms with E-state index in [-0.39, 0.29) is 24.6 Å². The second kappa shape index (κ2) is 6.51. The lowest BCUT2D eigenvalue weighted by molar-refractivity contribution is -0.137. The molecule has 6 nitrogen and oxygen atoms in total. The summed E-state index contributed by atoms with van der Waals surface area (Å²) in [5, 5.41) is 8.58. The van der Waals surface area contributed by atoms with E-state index in [1.165, 1.54) is 18.0 Å². The molecular weight excluding hydrogens is 282 g/mol. The normalized spacial score (nSPS) is 11.1. The van der Waals surface area contributed by atoms with E-state index in [0.717, 1.165) is 6.26 Å². The Bertz CT molecular complexity index is 609. The molecule has 0 heterocycles. The SMILES string of the molecule is CN(CCC(=O)O)C(=O)c1cccc(CS(C)(=O)=O)c1. The minimum atomic E-state index is -3.16. The van der Waals surface area contributed by atoms with Crippen molar-refractivity contribution in [1.82, 2.24) is 4.90 Å². The largest absolute Gasteiger partial charge is 0.481 e. The lowest BCUT2D eigenvalue weighted by Crippen LogP contribution is -2.29. The summed E-state index contributed by atoms with van der Waals surface area (Å²) in [4.78, 5) is 23.8. The van der Waals surface area contributed by atoms with Crippen molar-refractivity contribution in [2.45, 2.75) is 12.2 Å². The van der Waals surface area contributed by atoms with Gasteiger partial charge in [0.15, 0.2) is 9.84 Å². The molecule has 1 aromatic carbocycles. The van der Waals surface area contributed by atoms with Crippen molar-refractivity contribution in [1.29, 1.82) is 0 Å². The van der Waals surface area contributed by atoms with Crippen molar-refractivity contribution in [3.8, 4) is 0 Å². The number of carboxylic acid groups (broad SMARTS) is 1. The van der Waals surface area contributed by atoms with Gasteiger partial charge in [-0.1, -0.05) is 12.1 Å². The zero-order chi connectivity index (χ0) is 15.3. The third-order valence-electron chi connectivity index (χ3n) is 2.61. The Hall–Kier alpha value is -1.89. The van der Waals surface area contributed by atoms with Gasteiger partial charge in [-0.15, -0.1) is 0 Å². The van der Waals surface area contributed by atoms with E-state index >= 15 is 0 Å². The van der Waals surface area contributed by atoms with Crippen LogP contribution in [0, 0.1) is 0 Å². The first-order chi connectivity index (χ1) is 9.19. The number of nitrogens with zero attached hydrogens (tertiary/aromatic N) is 1. The van der Waals surface area contributed by atoms with Gasteiger partial charge in [-0.2, -0.15) is 0 Å². The fraction of sp³-hybridized carbons (Fsp3) is 0.385. The van der Waals surface area contributed by atoms with Crippen molar-refractivity contribution in [2.75, 3.05) is 19.8 Å². The fourth-order valence-corrected chi connectivity index (χ4v) is 2.47. The quantitative estimate of drug-likeness (QED) is 0.838. The lowest BCUT2D eigenvalue weighted by atomic mass is 10.1. The van der Waals surface area contributed by atoms with Crippen LogP contribution in [0.4, 0.5) is 0 Å². The summed E-state index contributed by atoms with van der Waals surface area (Å²) in [7, 11) is -1.66. The lowest BCUT2D eigenvalue weighted by Gasteiger charge is -2.16. The van der Waals surface area contributed by atoms with Crippen molar-refractivity contribution in [3.05, 3.63) is 35.4 Å².